The number of nitrogens with one attached hydrogen (secondary N) is 1. The van der Waals surface area contributed by atoms with Crippen LogP contribution in [0.2, 0.25) is 0 Å². The van der Waals surface area contributed by atoms with E-state index in [1.54, 1.807) is 0 Å². The predicted octanol–water partition coefficient (Wildman–Crippen LogP) is 1.08. The van der Waals surface area contributed by atoms with Crippen LogP contribution in [0, 0.1) is 0 Å². The van der Waals surface area contributed by atoms with Crippen LogP contribution < -0.4 is 5.32 Å². The average molecular weight is 171 g/mol. The van der Waals surface area contributed by atoms with E-state index < -0.39 is 5.60 Å². The Balaban J connectivity index is 2.71. The molecule has 0 radical (unpaired) electrons. The Bertz CT molecular complexity index is 175. The molecule has 1 N–H and O–H groups in total. The van der Waals surface area contributed by atoms with E-state index in [4.69, 9.17) is 4.74 Å². The fourth-order valence-electron chi connectivity index (χ4n) is 1.52. The molecule has 0 saturated carbocycles. The number of carbonyl (C=O) groups is 1. The monoisotopic (exact) mass is 171 g/mol. The second-order valence-corrected chi connectivity index (χ2v) is 3.39. The summed E-state index contributed by atoms with van der Waals surface area (Å²) in [6.45, 7) is 6.55. The van der Waals surface area contributed by atoms with Crippen LogP contribution in [0.25, 0.3) is 0 Å². The maximum Gasteiger partial charge on any atom is 0.252 e. The van der Waals surface area contributed by atoms with Crippen LogP contribution >= 0.6 is 0 Å². The van der Waals surface area contributed by atoms with E-state index in [0.29, 0.717) is 6.61 Å². The zero-order chi connectivity index (χ0) is 9.19. The van der Waals surface area contributed by atoms with Crippen LogP contribution in [0.3, 0.4) is 0 Å². The van der Waals surface area contributed by atoms with Crippen molar-refractivity contribution in [1.82, 2.24) is 5.32 Å². The molecule has 1 amide bonds. The van der Waals surface area contributed by atoms with Gasteiger partial charge < -0.3 is 10.1 Å². The lowest BCUT2D eigenvalue weighted by molar-refractivity contribution is -0.159. The molecule has 0 unspecified atom stereocenters. The first-order valence-corrected chi connectivity index (χ1v) is 4.59. The van der Waals surface area contributed by atoms with Gasteiger partial charge in [-0.2, -0.15) is 0 Å². The van der Waals surface area contributed by atoms with Gasteiger partial charge in [0.25, 0.3) is 5.91 Å². The van der Waals surface area contributed by atoms with E-state index in [0.717, 1.165) is 12.8 Å². The van der Waals surface area contributed by atoms with E-state index >= 15 is 0 Å². The van der Waals surface area contributed by atoms with Gasteiger partial charge in [0.2, 0.25) is 0 Å². The summed E-state index contributed by atoms with van der Waals surface area (Å²) < 4.78 is 5.58. The third-order valence-electron chi connectivity index (χ3n) is 2.54. The molecule has 0 aliphatic carbocycles. The lowest BCUT2D eigenvalue weighted by Gasteiger charge is -2.37. The summed E-state index contributed by atoms with van der Waals surface area (Å²) in [5.74, 6) is 0.0475. The van der Waals surface area contributed by atoms with Crippen molar-refractivity contribution in [1.29, 1.82) is 0 Å². The molecular formula is C9H17NO2. The molecule has 1 atom stereocenters. The van der Waals surface area contributed by atoms with Crippen molar-refractivity contribution < 1.29 is 9.53 Å². The summed E-state index contributed by atoms with van der Waals surface area (Å²) in [7, 11) is 0. The Labute approximate surface area is 73.5 Å². The normalized spacial score (nSPS) is 28.2. The summed E-state index contributed by atoms with van der Waals surface area (Å²) in [4.78, 5) is 11.6. The molecule has 0 aromatic heterocycles. The number of amides is 1. The fraction of sp³-hybridized carbons (Fsp3) is 0.889. The van der Waals surface area contributed by atoms with Crippen molar-refractivity contribution in [2.45, 2.75) is 45.3 Å². The van der Waals surface area contributed by atoms with Crippen LogP contribution in [-0.4, -0.2) is 24.2 Å². The van der Waals surface area contributed by atoms with Gasteiger partial charge in [-0.05, 0) is 19.8 Å². The van der Waals surface area contributed by atoms with E-state index in [1.165, 1.54) is 0 Å². The number of hydrogen-bond acceptors (Lipinski definition) is 2. The molecular weight excluding hydrogens is 154 g/mol. The SMILES string of the molecule is CCC1(CC)OC[C@@H](C)NC1=O. The Kier molecular flexibility index (Phi) is 2.73. The zero-order valence-electron chi connectivity index (χ0n) is 8.02. The molecule has 1 heterocycles. The van der Waals surface area contributed by atoms with E-state index in [2.05, 4.69) is 5.32 Å². The van der Waals surface area contributed by atoms with E-state index in [-0.39, 0.29) is 11.9 Å². The van der Waals surface area contributed by atoms with Crippen molar-refractivity contribution in [2.75, 3.05) is 6.61 Å². The standard InChI is InChI=1S/C9H17NO2/c1-4-9(5-2)8(11)10-7(3)6-12-9/h7H,4-6H2,1-3H3,(H,10,11)/t7-/m1/s1. The second kappa shape index (κ2) is 3.44. The molecule has 70 valence electrons. The first kappa shape index (κ1) is 9.52. The molecule has 1 aliphatic heterocycles. The van der Waals surface area contributed by atoms with Crippen molar-refractivity contribution in [3.8, 4) is 0 Å². The van der Waals surface area contributed by atoms with Crippen LogP contribution in [0.15, 0.2) is 0 Å². The van der Waals surface area contributed by atoms with Gasteiger partial charge in [-0.25, -0.2) is 0 Å². The Morgan fingerprint density at radius 3 is 2.58 bits per heavy atom. The van der Waals surface area contributed by atoms with Gasteiger partial charge in [-0.1, -0.05) is 13.8 Å². The van der Waals surface area contributed by atoms with Gasteiger partial charge in [-0.15, -0.1) is 0 Å². The van der Waals surface area contributed by atoms with Crippen molar-refractivity contribution in [3.63, 3.8) is 0 Å². The first-order valence-electron chi connectivity index (χ1n) is 4.59. The summed E-state index contributed by atoms with van der Waals surface area (Å²) in [5.41, 5.74) is -0.549. The number of hydrogen-bond donors (Lipinski definition) is 1. The lowest BCUT2D eigenvalue weighted by Crippen LogP contribution is -2.57. The summed E-state index contributed by atoms with van der Waals surface area (Å²) in [5, 5.41) is 2.91. The van der Waals surface area contributed by atoms with Gasteiger partial charge in [-0.3, -0.25) is 4.79 Å². The molecule has 1 aliphatic rings. The molecule has 1 rings (SSSR count). The van der Waals surface area contributed by atoms with Crippen molar-refractivity contribution in [2.24, 2.45) is 0 Å². The summed E-state index contributed by atoms with van der Waals surface area (Å²) in [6.07, 6.45) is 1.50. The van der Waals surface area contributed by atoms with Gasteiger partial charge in [0.15, 0.2) is 0 Å². The molecule has 1 fully saturated rings. The molecule has 0 spiro atoms. The minimum absolute atomic E-state index is 0.0475. The maximum atomic E-state index is 11.6. The third-order valence-corrected chi connectivity index (χ3v) is 2.54. The number of carbonyl (C=O) groups excluding carboxylic acids is 1. The molecule has 3 heteroatoms. The highest BCUT2D eigenvalue weighted by Gasteiger charge is 2.39. The van der Waals surface area contributed by atoms with E-state index in [1.807, 2.05) is 20.8 Å². The fourth-order valence-corrected chi connectivity index (χ4v) is 1.52. The van der Waals surface area contributed by atoms with Gasteiger partial charge in [0.1, 0.15) is 5.60 Å². The minimum Gasteiger partial charge on any atom is -0.363 e. The first-order chi connectivity index (χ1) is 5.64. The average Bonchev–Trinajstić information content (AvgIpc) is 2.06. The molecule has 12 heavy (non-hydrogen) atoms. The van der Waals surface area contributed by atoms with E-state index in [9.17, 15) is 4.79 Å². The van der Waals surface area contributed by atoms with Crippen LogP contribution in [-0.2, 0) is 9.53 Å². The van der Waals surface area contributed by atoms with Gasteiger partial charge in [0, 0.05) is 6.04 Å². The highest BCUT2D eigenvalue weighted by Crippen LogP contribution is 2.23. The Hall–Kier alpha value is -0.570. The lowest BCUT2D eigenvalue weighted by atomic mass is 9.94. The number of rotatable bonds is 2. The summed E-state index contributed by atoms with van der Waals surface area (Å²) >= 11 is 0. The molecule has 3 nitrogen and oxygen atoms in total. The molecule has 0 aromatic rings. The molecule has 0 aromatic carbocycles. The maximum absolute atomic E-state index is 11.6. The topological polar surface area (TPSA) is 38.3 Å². The zero-order valence-corrected chi connectivity index (χ0v) is 8.02. The smallest absolute Gasteiger partial charge is 0.252 e. The highest BCUT2D eigenvalue weighted by atomic mass is 16.5. The predicted molar refractivity (Wildman–Crippen MR) is 46.9 cm³/mol. The number of ether oxygens (including phenoxy) is 1. The van der Waals surface area contributed by atoms with Gasteiger partial charge in [0.05, 0.1) is 6.61 Å². The van der Waals surface area contributed by atoms with Crippen LogP contribution in [0.4, 0.5) is 0 Å². The van der Waals surface area contributed by atoms with Crippen LogP contribution in [0.1, 0.15) is 33.6 Å². The Morgan fingerprint density at radius 2 is 2.17 bits per heavy atom. The number of morpholine rings is 1. The molecule has 1 saturated heterocycles. The third kappa shape index (κ3) is 1.46. The van der Waals surface area contributed by atoms with Crippen molar-refractivity contribution in [3.05, 3.63) is 0 Å². The molecule has 0 bridgehead atoms. The quantitative estimate of drug-likeness (QED) is 0.675. The summed E-state index contributed by atoms with van der Waals surface area (Å²) in [6, 6.07) is 0.156. The highest BCUT2D eigenvalue weighted by molar-refractivity contribution is 5.85. The van der Waals surface area contributed by atoms with Crippen molar-refractivity contribution >= 4 is 5.91 Å². The second-order valence-electron chi connectivity index (χ2n) is 3.39. The minimum atomic E-state index is -0.549. The van der Waals surface area contributed by atoms with Crippen LogP contribution in [0.5, 0.6) is 0 Å². The largest absolute Gasteiger partial charge is 0.363 e. The van der Waals surface area contributed by atoms with Gasteiger partial charge >= 0.3 is 0 Å². The Morgan fingerprint density at radius 1 is 1.58 bits per heavy atom.